The van der Waals surface area contributed by atoms with Gasteiger partial charge in [0.25, 0.3) is 0 Å². The van der Waals surface area contributed by atoms with Gasteiger partial charge in [0.05, 0.1) is 0 Å². The number of hydrogen-bond donors (Lipinski definition) is 2. The zero-order valence-corrected chi connectivity index (χ0v) is 20.3. The molecule has 1 aliphatic heterocycles. The molecule has 0 atom stereocenters. The average Bonchev–Trinajstić information content (AvgIpc) is 2.73. The zero-order chi connectivity index (χ0) is 22.7. The smallest absolute Gasteiger partial charge is 0.222 e. The molecule has 1 saturated carbocycles. The Morgan fingerprint density at radius 2 is 1.61 bits per heavy atom. The van der Waals surface area contributed by atoms with Crippen LogP contribution in [-0.2, 0) is 9.59 Å². The molecule has 0 aromatic rings. The van der Waals surface area contributed by atoms with Crippen molar-refractivity contribution >= 4 is 17.8 Å². The second-order valence-electron chi connectivity index (χ2n) is 9.73. The van der Waals surface area contributed by atoms with Crippen LogP contribution >= 0.6 is 0 Å². The number of aliphatic imine (C=N–C) groups is 1. The highest BCUT2D eigenvalue weighted by Crippen LogP contribution is 2.42. The first kappa shape index (κ1) is 25.5. The minimum absolute atomic E-state index is 0.219. The summed E-state index contributed by atoms with van der Waals surface area (Å²) in [6.07, 6.45) is 9.41. The Bertz CT molecular complexity index is 587. The summed E-state index contributed by atoms with van der Waals surface area (Å²) >= 11 is 0. The van der Waals surface area contributed by atoms with Crippen molar-refractivity contribution in [3.8, 4) is 0 Å². The molecule has 0 aromatic carbocycles. The Hall–Kier alpha value is -1.79. The van der Waals surface area contributed by atoms with E-state index in [0.717, 1.165) is 38.3 Å². The number of guanidine groups is 1. The first-order chi connectivity index (χ1) is 14.9. The maximum atomic E-state index is 12.5. The second kappa shape index (κ2) is 12.9. The van der Waals surface area contributed by atoms with Gasteiger partial charge in [-0.15, -0.1) is 0 Å². The number of carbonyl (C=O) groups is 2. The first-order valence-electron chi connectivity index (χ1n) is 12.4. The molecule has 1 heterocycles. The molecule has 2 amide bonds. The molecule has 7 nitrogen and oxygen atoms in total. The first-order valence-corrected chi connectivity index (χ1v) is 12.4. The Kier molecular flexibility index (Phi) is 10.6. The van der Waals surface area contributed by atoms with Crippen molar-refractivity contribution < 1.29 is 9.59 Å². The molecule has 0 unspecified atom stereocenters. The van der Waals surface area contributed by atoms with E-state index >= 15 is 0 Å². The molecule has 178 valence electrons. The maximum Gasteiger partial charge on any atom is 0.222 e. The lowest BCUT2D eigenvalue weighted by Crippen LogP contribution is -2.50. The topological polar surface area (TPSA) is 77.0 Å². The van der Waals surface area contributed by atoms with Gasteiger partial charge in [-0.25, -0.2) is 0 Å². The monoisotopic (exact) mass is 435 g/mol. The summed E-state index contributed by atoms with van der Waals surface area (Å²) in [5.41, 5.74) is 0.477. The van der Waals surface area contributed by atoms with Crippen molar-refractivity contribution in [1.82, 2.24) is 20.4 Å². The highest BCUT2D eigenvalue weighted by molar-refractivity contribution is 5.79. The number of nitrogens with zero attached hydrogens (tertiary/aromatic N) is 3. The summed E-state index contributed by atoms with van der Waals surface area (Å²) in [6, 6.07) is 0. The number of amides is 2. The Morgan fingerprint density at radius 1 is 0.968 bits per heavy atom. The lowest BCUT2D eigenvalue weighted by molar-refractivity contribution is -0.140. The number of hydrogen-bond acceptors (Lipinski definition) is 3. The van der Waals surface area contributed by atoms with Gasteiger partial charge >= 0.3 is 0 Å². The molecule has 1 aliphatic carbocycles. The third kappa shape index (κ3) is 8.34. The van der Waals surface area contributed by atoms with E-state index < -0.39 is 0 Å². The van der Waals surface area contributed by atoms with E-state index in [1.807, 2.05) is 16.8 Å². The van der Waals surface area contributed by atoms with Crippen LogP contribution in [0.5, 0.6) is 0 Å². The SMILES string of the molecule is CCC1(CNC(=NC)NCCCCCC(=O)N2CCN(C(=O)CC(C)C)CC2)CCC1. The van der Waals surface area contributed by atoms with Crippen molar-refractivity contribution in [3.05, 3.63) is 0 Å². The number of carbonyl (C=O) groups excluding carboxylic acids is 2. The third-order valence-electron chi connectivity index (χ3n) is 6.95. The molecule has 0 spiro atoms. The fourth-order valence-corrected chi connectivity index (χ4v) is 4.45. The van der Waals surface area contributed by atoms with Crippen LogP contribution in [0.1, 0.15) is 78.6 Å². The minimum atomic E-state index is 0.219. The van der Waals surface area contributed by atoms with Gasteiger partial charge < -0.3 is 20.4 Å². The van der Waals surface area contributed by atoms with Crippen molar-refractivity contribution in [2.45, 2.75) is 78.6 Å². The lowest BCUT2D eigenvalue weighted by Gasteiger charge is -2.41. The number of piperazine rings is 1. The Balaban J connectivity index is 1.52. The average molecular weight is 436 g/mol. The van der Waals surface area contributed by atoms with E-state index in [4.69, 9.17) is 0 Å². The van der Waals surface area contributed by atoms with Crippen molar-refractivity contribution in [2.24, 2.45) is 16.3 Å². The highest BCUT2D eigenvalue weighted by Gasteiger charge is 2.34. The van der Waals surface area contributed by atoms with Crippen LogP contribution in [0, 0.1) is 11.3 Å². The second-order valence-corrected chi connectivity index (χ2v) is 9.73. The molecule has 2 aliphatic rings. The van der Waals surface area contributed by atoms with Crippen LogP contribution < -0.4 is 10.6 Å². The van der Waals surface area contributed by atoms with Gasteiger partial charge in [0.1, 0.15) is 0 Å². The Labute approximate surface area is 189 Å². The number of rotatable bonds is 11. The van der Waals surface area contributed by atoms with Gasteiger partial charge in [-0.3, -0.25) is 14.6 Å². The fraction of sp³-hybridized carbons (Fsp3) is 0.875. The largest absolute Gasteiger partial charge is 0.356 e. The quantitative estimate of drug-likeness (QED) is 0.297. The predicted molar refractivity (Wildman–Crippen MR) is 127 cm³/mol. The third-order valence-corrected chi connectivity index (χ3v) is 6.95. The molecular formula is C24H45N5O2. The van der Waals surface area contributed by atoms with Crippen molar-refractivity contribution in [1.29, 1.82) is 0 Å². The van der Waals surface area contributed by atoms with Crippen LogP contribution in [-0.4, -0.2) is 73.9 Å². The van der Waals surface area contributed by atoms with Crippen LogP contribution in [0.4, 0.5) is 0 Å². The summed E-state index contributed by atoms with van der Waals surface area (Å²) in [7, 11) is 1.82. The molecular weight excluding hydrogens is 390 g/mol. The normalized spacial score (nSPS) is 18.7. The van der Waals surface area contributed by atoms with E-state index in [0.29, 0.717) is 50.4 Å². The van der Waals surface area contributed by atoms with Crippen molar-refractivity contribution in [3.63, 3.8) is 0 Å². The van der Waals surface area contributed by atoms with Gasteiger partial charge in [-0.05, 0) is 43.4 Å². The fourth-order valence-electron chi connectivity index (χ4n) is 4.45. The van der Waals surface area contributed by atoms with E-state index in [1.165, 1.54) is 25.7 Å². The summed E-state index contributed by atoms with van der Waals surface area (Å²) < 4.78 is 0. The molecule has 2 N–H and O–H groups in total. The lowest BCUT2D eigenvalue weighted by atomic mass is 9.67. The van der Waals surface area contributed by atoms with Crippen LogP contribution in [0.3, 0.4) is 0 Å². The summed E-state index contributed by atoms with van der Waals surface area (Å²) in [5.74, 6) is 1.72. The van der Waals surface area contributed by atoms with Gasteiger partial charge in [0.2, 0.25) is 11.8 Å². The van der Waals surface area contributed by atoms with Gasteiger partial charge in [-0.2, -0.15) is 0 Å². The minimum Gasteiger partial charge on any atom is -0.356 e. The molecule has 0 aromatic heterocycles. The molecule has 1 saturated heterocycles. The van der Waals surface area contributed by atoms with Gasteiger partial charge in [-0.1, -0.05) is 33.6 Å². The number of nitrogens with one attached hydrogen (secondary N) is 2. The summed E-state index contributed by atoms with van der Waals surface area (Å²) in [5, 5.41) is 6.89. The number of unbranched alkanes of at least 4 members (excludes halogenated alkanes) is 2. The van der Waals surface area contributed by atoms with Crippen LogP contribution in [0.25, 0.3) is 0 Å². The van der Waals surface area contributed by atoms with Crippen LogP contribution in [0.2, 0.25) is 0 Å². The molecule has 31 heavy (non-hydrogen) atoms. The van der Waals surface area contributed by atoms with E-state index in [9.17, 15) is 9.59 Å². The maximum absolute atomic E-state index is 12.5. The van der Waals surface area contributed by atoms with Gasteiger partial charge in [0, 0.05) is 59.2 Å². The molecule has 0 radical (unpaired) electrons. The van der Waals surface area contributed by atoms with Crippen molar-refractivity contribution in [2.75, 3.05) is 46.3 Å². The van der Waals surface area contributed by atoms with E-state index in [-0.39, 0.29) is 11.8 Å². The van der Waals surface area contributed by atoms with E-state index in [1.54, 1.807) is 0 Å². The Morgan fingerprint density at radius 3 is 2.13 bits per heavy atom. The summed E-state index contributed by atoms with van der Waals surface area (Å²) in [6.45, 7) is 11.0. The van der Waals surface area contributed by atoms with Gasteiger partial charge in [0.15, 0.2) is 5.96 Å². The standard InChI is InChI=1S/C24H45N5O2/c1-5-24(11-9-12-24)19-27-23(25-4)26-13-8-6-7-10-21(30)28-14-16-29(17-15-28)22(31)18-20(2)3/h20H,5-19H2,1-4H3,(H2,25,26,27). The predicted octanol–water partition coefficient (Wildman–Crippen LogP) is 3.01. The molecule has 0 bridgehead atoms. The highest BCUT2D eigenvalue weighted by atomic mass is 16.2. The van der Waals surface area contributed by atoms with E-state index in [2.05, 4.69) is 36.4 Å². The molecule has 2 rings (SSSR count). The molecule has 2 fully saturated rings. The zero-order valence-electron chi connectivity index (χ0n) is 20.3. The van der Waals surface area contributed by atoms with Crippen LogP contribution in [0.15, 0.2) is 4.99 Å². The summed E-state index contributed by atoms with van der Waals surface area (Å²) in [4.78, 5) is 32.8. The molecule has 7 heteroatoms.